The standard InChI is InChI=1S/C20H19N3O3S3/c24-19(21-11-16-12-28-20(22-16)15-7-3-1-4-8-15)18-13-27-14-23(18)29(25,26)17-9-5-2-6-10-17/h1-10,12,18H,11,13-14H2,(H,21,24). The molecule has 0 spiro atoms. The van der Waals surface area contributed by atoms with Gasteiger partial charge in [0.05, 0.1) is 23.0 Å². The Bertz CT molecular complexity index is 1090. The van der Waals surface area contributed by atoms with Crippen LogP contribution in [0.5, 0.6) is 0 Å². The van der Waals surface area contributed by atoms with Gasteiger partial charge < -0.3 is 5.32 Å². The number of thiazole rings is 1. The molecule has 3 aromatic rings. The fourth-order valence-corrected chi connectivity index (χ4v) is 6.99. The van der Waals surface area contributed by atoms with Gasteiger partial charge in [0.15, 0.2) is 0 Å². The van der Waals surface area contributed by atoms with Gasteiger partial charge in [0, 0.05) is 16.7 Å². The van der Waals surface area contributed by atoms with Gasteiger partial charge in [0.1, 0.15) is 11.0 Å². The normalized spacial score (nSPS) is 17.3. The van der Waals surface area contributed by atoms with E-state index in [0.29, 0.717) is 5.75 Å². The Morgan fingerprint density at radius 2 is 1.79 bits per heavy atom. The van der Waals surface area contributed by atoms with Gasteiger partial charge in [-0.25, -0.2) is 13.4 Å². The molecule has 29 heavy (non-hydrogen) atoms. The molecule has 1 aromatic heterocycles. The van der Waals surface area contributed by atoms with Crippen molar-refractivity contribution in [2.24, 2.45) is 0 Å². The van der Waals surface area contributed by atoms with Crippen LogP contribution in [0, 0.1) is 0 Å². The second-order valence-corrected chi connectivity index (χ2v) is 10.2. The van der Waals surface area contributed by atoms with Crippen LogP contribution in [0.3, 0.4) is 0 Å². The largest absolute Gasteiger partial charge is 0.349 e. The zero-order chi connectivity index (χ0) is 20.3. The maximum absolute atomic E-state index is 12.9. The molecule has 1 fully saturated rings. The summed E-state index contributed by atoms with van der Waals surface area (Å²) in [5.41, 5.74) is 1.78. The van der Waals surface area contributed by atoms with E-state index in [0.717, 1.165) is 16.3 Å². The molecule has 1 amide bonds. The van der Waals surface area contributed by atoms with E-state index in [2.05, 4.69) is 10.3 Å². The first-order valence-corrected chi connectivity index (χ1v) is 12.5. The fraction of sp³-hybridized carbons (Fsp3) is 0.200. The highest BCUT2D eigenvalue weighted by molar-refractivity contribution is 8.00. The van der Waals surface area contributed by atoms with Crippen LogP contribution in [0.15, 0.2) is 70.9 Å². The average molecular weight is 446 g/mol. The molecule has 6 nitrogen and oxygen atoms in total. The van der Waals surface area contributed by atoms with Crippen LogP contribution in [0.2, 0.25) is 0 Å². The summed E-state index contributed by atoms with van der Waals surface area (Å²) in [7, 11) is -3.71. The molecule has 1 unspecified atom stereocenters. The summed E-state index contributed by atoms with van der Waals surface area (Å²) in [5, 5.41) is 5.64. The van der Waals surface area contributed by atoms with Crippen LogP contribution in [-0.2, 0) is 21.4 Å². The number of rotatable bonds is 6. The molecule has 2 aromatic carbocycles. The Kier molecular flexibility index (Phi) is 6.00. The SMILES string of the molecule is O=C(NCc1csc(-c2ccccc2)n1)C1CSCN1S(=O)(=O)c1ccccc1. The van der Waals surface area contributed by atoms with Gasteiger partial charge in [-0.3, -0.25) is 4.79 Å². The fourth-order valence-electron chi connectivity index (χ4n) is 3.00. The summed E-state index contributed by atoms with van der Waals surface area (Å²) in [6.07, 6.45) is 0. The summed E-state index contributed by atoms with van der Waals surface area (Å²) < 4.78 is 27.1. The number of carbonyl (C=O) groups excluding carboxylic acids is 1. The maximum atomic E-state index is 12.9. The van der Waals surface area contributed by atoms with E-state index in [-0.39, 0.29) is 23.2 Å². The minimum atomic E-state index is -3.71. The third-order valence-electron chi connectivity index (χ3n) is 4.51. The minimum Gasteiger partial charge on any atom is -0.349 e. The van der Waals surface area contributed by atoms with Crippen molar-refractivity contribution in [1.82, 2.24) is 14.6 Å². The molecule has 0 radical (unpaired) electrons. The highest BCUT2D eigenvalue weighted by Gasteiger charge is 2.39. The van der Waals surface area contributed by atoms with E-state index in [1.807, 2.05) is 35.7 Å². The van der Waals surface area contributed by atoms with Crippen LogP contribution >= 0.6 is 23.1 Å². The Labute approximate surface area is 178 Å². The number of benzene rings is 2. The van der Waals surface area contributed by atoms with E-state index in [9.17, 15) is 13.2 Å². The monoisotopic (exact) mass is 445 g/mol. The summed E-state index contributed by atoms with van der Waals surface area (Å²) in [6.45, 7) is 0.266. The predicted molar refractivity (Wildman–Crippen MR) is 116 cm³/mol. The molecule has 1 aliphatic rings. The first-order chi connectivity index (χ1) is 14.1. The summed E-state index contributed by atoms with van der Waals surface area (Å²) in [5.74, 6) is 0.401. The lowest BCUT2D eigenvalue weighted by atomic mass is 10.2. The van der Waals surface area contributed by atoms with Crippen molar-refractivity contribution in [3.05, 3.63) is 71.7 Å². The van der Waals surface area contributed by atoms with Crippen LogP contribution in [0.25, 0.3) is 10.6 Å². The highest BCUT2D eigenvalue weighted by Crippen LogP contribution is 2.28. The number of amides is 1. The molecular formula is C20H19N3O3S3. The smallest absolute Gasteiger partial charge is 0.244 e. The lowest BCUT2D eigenvalue weighted by molar-refractivity contribution is -0.124. The molecule has 1 saturated heterocycles. The predicted octanol–water partition coefficient (Wildman–Crippen LogP) is 3.19. The third-order valence-corrected chi connectivity index (χ3v) is 8.50. The second-order valence-electron chi connectivity index (χ2n) is 6.45. The van der Waals surface area contributed by atoms with E-state index in [1.165, 1.54) is 27.4 Å². The summed E-state index contributed by atoms with van der Waals surface area (Å²) >= 11 is 2.95. The van der Waals surface area contributed by atoms with Crippen LogP contribution in [0.4, 0.5) is 0 Å². The number of hydrogen-bond donors (Lipinski definition) is 1. The van der Waals surface area contributed by atoms with E-state index >= 15 is 0 Å². The van der Waals surface area contributed by atoms with Gasteiger partial charge >= 0.3 is 0 Å². The quantitative estimate of drug-likeness (QED) is 0.630. The van der Waals surface area contributed by atoms with Gasteiger partial charge in [-0.15, -0.1) is 23.1 Å². The van der Waals surface area contributed by atoms with Crippen molar-refractivity contribution in [2.45, 2.75) is 17.5 Å². The number of thioether (sulfide) groups is 1. The first kappa shape index (κ1) is 20.1. The third kappa shape index (κ3) is 4.37. The van der Waals surface area contributed by atoms with Gasteiger partial charge in [0.2, 0.25) is 15.9 Å². The number of hydrogen-bond acceptors (Lipinski definition) is 6. The number of nitrogens with one attached hydrogen (secondary N) is 1. The Hall–Kier alpha value is -2.20. The van der Waals surface area contributed by atoms with Crippen LogP contribution in [0.1, 0.15) is 5.69 Å². The molecule has 2 heterocycles. The number of sulfonamides is 1. The minimum absolute atomic E-state index is 0.201. The lowest BCUT2D eigenvalue weighted by Gasteiger charge is -2.22. The van der Waals surface area contributed by atoms with Crippen LogP contribution in [-0.4, -0.2) is 41.3 Å². The zero-order valence-electron chi connectivity index (χ0n) is 15.4. The van der Waals surface area contributed by atoms with Crippen LogP contribution < -0.4 is 5.32 Å². The van der Waals surface area contributed by atoms with Crippen molar-refractivity contribution in [2.75, 3.05) is 11.6 Å². The molecule has 9 heteroatoms. The first-order valence-electron chi connectivity index (χ1n) is 8.98. The van der Waals surface area contributed by atoms with E-state index in [4.69, 9.17) is 0 Å². The Morgan fingerprint density at radius 3 is 2.52 bits per heavy atom. The van der Waals surface area contributed by atoms with Gasteiger partial charge in [-0.05, 0) is 12.1 Å². The summed E-state index contributed by atoms with van der Waals surface area (Å²) in [4.78, 5) is 17.5. The zero-order valence-corrected chi connectivity index (χ0v) is 17.8. The molecule has 1 N–H and O–H groups in total. The van der Waals surface area contributed by atoms with Gasteiger partial charge in [0.25, 0.3) is 0 Å². The molecule has 1 atom stereocenters. The van der Waals surface area contributed by atoms with Crippen molar-refractivity contribution in [1.29, 1.82) is 0 Å². The number of carbonyl (C=O) groups is 1. The summed E-state index contributed by atoms with van der Waals surface area (Å²) in [6, 6.07) is 17.3. The molecule has 0 saturated carbocycles. The van der Waals surface area contributed by atoms with Crippen molar-refractivity contribution in [3.63, 3.8) is 0 Å². The van der Waals surface area contributed by atoms with Crippen molar-refractivity contribution < 1.29 is 13.2 Å². The molecule has 0 aliphatic carbocycles. The van der Waals surface area contributed by atoms with E-state index in [1.54, 1.807) is 30.3 Å². The molecule has 4 rings (SSSR count). The van der Waals surface area contributed by atoms with Crippen molar-refractivity contribution >= 4 is 39.0 Å². The van der Waals surface area contributed by atoms with Gasteiger partial charge in [-0.1, -0.05) is 48.5 Å². The average Bonchev–Trinajstić information content (AvgIpc) is 3.43. The second kappa shape index (κ2) is 8.66. The maximum Gasteiger partial charge on any atom is 0.244 e. The molecule has 150 valence electrons. The van der Waals surface area contributed by atoms with Gasteiger partial charge in [-0.2, -0.15) is 4.31 Å². The topological polar surface area (TPSA) is 79.4 Å². The lowest BCUT2D eigenvalue weighted by Crippen LogP contribution is -2.46. The molecule has 1 aliphatic heterocycles. The Morgan fingerprint density at radius 1 is 1.10 bits per heavy atom. The highest BCUT2D eigenvalue weighted by atomic mass is 32.2. The van der Waals surface area contributed by atoms with Crippen molar-refractivity contribution in [3.8, 4) is 10.6 Å². The van der Waals surface area contributed by atoms with E-state index < -0.39 is 16.1 Å². The Balaban J connectivity index is 1.43. The number of nitrogens with zero attached hydrogens (tertiary/aromatic N) is 2. The number of aromatic nitrogens is 1. The molecule has 0 bridgehead atoms. The molecular weight excluding hydrogens is 426 g/mol.